The molecule has 0 radical (unpaired) electrons. The van der Waals surface area contributed by atoms with Crippen molar-refractivity contribution in [3.8, 4) is 0 Å². The van der Waals surface area contributed by atoms with Crippen LogP contribution in [0.4, 0.5) is 5.69 Å². The summed E-state index contributed by atoms with van der Waals surface area (Å²) in [5.74, 6) is -1.21. The molecule has 0 aromatic heterocycles. The summed E-state index contributed by atoms with van der Waals surface area (Å²) >= 11 is 16.1. The zero-order chi connectivity index (χ0) is 11.6. The van der Waals surface area contributed by atoms with E-state index in [2.05, 4.69) is 17.5 Å². The predicted molar refractivity (Wildman–Crippen MR) is 63.8 cm³/mol. The van der Waals surface area contributed by atoms with Gasteiger partial charge in [-0.3, -0.25) is 0 Å². The van der Waals surface area contributed by atoms with Crippen LogP contribution in [0.25, 0.3) is 0 Å². The van der Waals surface area contributed by atoms with E-state index in [0.717, 1.165) is 0 Å². The molecule has 0 spiro atoms. The largest absolute Gasteiger partial charge is 0.478 e. The maximum Gasteiger partial charge on any atom is 0.338 e. The number of carbonyl (C=O) groups is 1. The second-order valence-electron chi connectivity index (χ2n) is 2.58. The van der Waals surface area contributed by atoms with Gasteiger partial charge in [-0.1, -0.05) is 23.2 Å². The Morgan fingerprint density at radius 2 is 2.07 bits per heavy atom. The number of benzene rings is 1. The number of carboxylic acid groups (broad SMARTS) is 1. The Bertz CT molecular complexity index is 437. The van der Waals surface area contributed by atoms with E-state index >= 15 is 0 Å². The van der Waals surface area contributed by atoms with E-state index in [9.17, 15) is 4.79 Å². The average Bonchev–Trinajstić information content (AvgIpc) is 2.09. The maximum atomic E-state index is 10.8. The summed E-state index contributed by atoms with van der Waals surface area (Å²) in [6.45, 7) is 0. The summed E-state index contributed by atoms with van der Waals surface area (Å²) < 4.78 is 0. The van der Waals surface area contributed by atoms with E-state index in [0.29, 0.717) is 5.69 Å². The molecule has 1 aromatic rings. The SMILES string of the molecule is NC(=S)Nc1ccc(Cl)c(C(=O)O)c1Cl. The van der Waals surface area contributed by atoms with Gasteiger partial charge in [0.05, 0.1) is 21.3 Å². The summed E-state index contributed by atoms with van der Waals surface area (Å²) in [7, 11) is 0. The third-order valence-corrected chi connectivity index (χ3v) is 2.37. The van der Waals surface area contributed by atoms with Gasteiger partial charge in [0.2, 0.25) is 0 Å². The summed E-state index contributed by atoms with van der Waals surface area (Å²) in [5, 5.41) is 11.4. The minimum Gasteiger partial charge on any atom is -0.478 e. The zero-order valence-electron chi connectivity index (χ0n) is 7.25. The molecule has 80 valence electrons. The van der Waals surface area contributed by atoms with Crippen molar-refractivity contribution >= 4 is 52.2 Å². The minimum absolute atomic E-state index is 0.00411. The summed E-state index contributed by atoms with van der Waals surface area (Å²) in [6, 6.07) is 2.90. The molecule has 0 bridgehead atoms. The molecule has 0 saturated heterocycles. The number of thiocarbonyl (C=S) groups is 1. The van der Waals surface area contributed by atoms with Gasteiger partial charge < -0.3 is 16.2 Å². The topological polar surface area (TPSA) is 75.3 Å². The molecule has 0 saturated carbocycles. The monoisotopic (exact) mass is 264 g/mol. The standard InChI is InChI=1S/C8H6Cl2N2O2S/c9-3-1-2-4(12-8(11)15)6(10)5(3)7(13)14/h1-2H,(H,13,14)(H3,11,12,15). The molecule has 1 aromatic carbocycles. The third kappa shape index (κ3) is 2.71. The second kappa shape index (κ2) is 4.65. The van der Waals surface area contributed by atoms with Crippen molar-refractivity contribution in [3.63, 3.8) is 0 Å². The first-order valence-electron chi connectivity index (χ1n) is 3.71. The second-order valence-corrected chi connectivity index (χ2v) is 3.80. The molecule has 4 nitrogen and oxygen atoms in total. The molecule has 0 fully saturated rings. The fourth-order valence-electron chi connectivity index (χ4n) is 0.978. The molecule has 7 heteroatoms. The van der Waals surface area contributed by atoms with Crippen LogP contribution in [0.1, 0.15) is 10.4 Å². The Balaban J connectivity index is 3.28. The molecule has 1 rings (SSSR count). The molecule has 0 aliphatic heterocycles. The molecule has 15 heavy (non-hydrogen) atoms. The highest BCUT2D eigenvalue weighted by Gasteiger charge is 2.16. The smallest absolute Gasteiger partial charge is 0.338 e. The number of nitrogens with two attached hydrogens (primary N) is 1. The lowest BCUT2D eigenvalue weighted by Gasteiger charge is -2.09. The highest BCUT2D eigenvalue weighted by Crippen LogP contribution is 2.31. The van der Waals surface area contributed by atoms with Crippen molar-refractivity contribution in [2.45, 2.75) is 0 Å². The highest BCUT2D eigenvalue weighted by molar-refractivity contribution is 7.80. The van der Waals surface area contributed by atoms with E-state index in [4.69, 9.17) is 34.0 Å². The Morgan fingerprint density at radius 1 is 1.47 bits per heavy atom. The van der Waals surface area contributed by atoms with E-state index < -0.39 is 5.97 Å². The lowest BCUT2D eigenvalue weighted by Crippen LogP contribution is -2.19. The average molecular weight is 265 g/mol. The van der Waals surface area contributed by atoms with Crippen molar-refractivity contribution in [1.82, 2.24) is 0 Å². The number of nitrogens with one attached hydrogen (secondary N) is 1. The van der Waals surface area contributed by atoms with Gasteiger partial charge >= 0.3 is 5.97 Å². The van der Waals surface area contributed by atoms with Gasteiger partial charge in [-0.15, -0.1) is 0 Å². The quantitative estimate of drug-likeness (QED) is 0.715. The van der Waals surface area contributed by atoms with Crippen molar-refractivity contribution in [2.75, 3.05) is 5.32 Å². The van der Waals surface area contributed by atoms with Crippen molar-refractivity contribution in [3.05, 3.63) is 27.7 Å². The normalized spacial score (nSPS) is 9.73. The molecule has 0 aliphatic rings. The van der Waals surface area contributed by atoms with Crippen LogP contribution in [0.15, 0.2) is 12.1 Å². The first-order valence-corrected chi connectivity index (χ1v) is 4.87. The van der Waals surface area contributed by atoms with Crippen LogP contribution in [0.2, 0.25) is 10.0 Å². The Hall–Kier alpha value is -1.04. The van der Waals surface area contributed by atoms with Gasteiger partial charge in [-0.2, -0.15) is 0 Å². The van der Waals surface area contributed by atoms with Gasteiger partial charge in [0.15, 0.2) is 5.11 Å². The third-order valence-electron chi connectivity index (χ3n) is 1.56. The molecule has 4 N–H and O–H groups in total. The van der Waals surface area contributed by atoms with E-state index in [1.807, 2.05) is 0 Å². The van der Waals surface area contributed by atoms with Crippen molar-refractivity contribution in [2.24, 2.45) is 5.73 Å². The van der Waals surface area contributed by atoms with Gasteiger partial charge in [0.1, 0.15) is 0 Å². The fraction of sp³-hybridized carbons (Fsp3) is 0. The van der Waals surface area contributed by atoms with Crippen molar-refractivity contribution in [1.29, 1.82) is 0 Å². The number of anilines is 1. The van der Waals surface area contributed by atoms with E-state index in [-0.39, 0.29) is 20.7 Å². The van der Waals surface area contributed by atoms with Gasteiger partial charge in [-0.25, -0.2) is 4.79 Å². The first kappa shape index (κ1) is 12.0. The minimum atomic E-state index is -1.21. The number of hydrogen-bond donors (Lipinski definition) is 3. The molecule has 0 atom stereocenters. The first-order chi connectivity index (χ1) is 6.93. The molecule has 0 aliphatic carbocycles. The zero-order valence-corrected chi connectivity index (χ0v) is 9.58. The number of hydrogen-bond acceptors (Lipinski definition) is 2. The summed E-state index contributed by atoms with van der Waals surface area (Å²) in [6.07, 6.45) is 0. The van der Waals surface area contributed by atoms with Crippen LogP contribution in [-0.2, 0) is 0 Å². The van der Waals surface area contributed by atoms with Crippen LogP contribution in [0.3, 0.4) is 0 Å². The number of carboxylic acids is 1. The molecular weight excluding hydrogens is 259 g/mol. The van der Waals surface area contributed by atoms with E-state index in [1.54, 1.807) is 0 Å². The van der Waals surface area contributed by atoms with E-state index in [1.165, 1.54) is 12.1 Å². The lowest BCUT2D eigenvalue weighted by molar-refractivity contribution is 0.0697. The van der Waals surface area contributed by atoms with Crippen LogP contribution >= 0.6 is 35.4 Å². The maximum absolute atomic E-state index is 10.8. The summed E-state index contributed by atoms with van der Waals surface area (Å²) in [5.41, 5.74) is 5.37. The number of halogens is 2. The number of aromatic carboxylic acids is 1. The highest BCUT2D eigenvalue weighted by atomic mass is 35.5. The molecule has 0 amide bonds. The van der Waals surface area contributed by atoms with Gasteiger partial charge in [0.25, 0.3) is 0 Å². The van der Waals surface area contributed by atoms with Crippen LogP contribution in [0, 0.1) is 0 Å². The Kier molecular flexibility index (Phi) is 3.73. The van der Waals surface area contributed by atoms with Gasteiger partial charge in [0, 0.05) is 0 Å². The van der Waals surface area contributed by atoms with Crippen molar-refractivity contribution < 1.29 is 9.90 Å². The molecular formula is C8H6Cl2N2O2S. The predicted octanol–water partition coefficient (Wildman–Crippen LogP) is 2.35. The van der Waals surface area contributed by atoms with Gasteiger partial charge in [-0.05, 0) is 24.4 Å². The lowest BCUT2D eigenvalue weighted by atomic mass is 10.2. The van der Waals surface area contributed by atoms with Crippen LogP contribution in [-0.4, -0.2) is 16.2 Å². The fourth-order valence-corrected chi connectivity index (χ4v) is 1.67. The Labute approximate surface area is 101 Å². The Morgan fingerprint density at radius 3 is 2.53 bits per heavy atom. The molecule has 0 unspecified atom stereocenters. The number of rotatable bonds is 2. The summed E-state index contributed by atoms with van der Waals surface area (Å²) in [4.78, 5) is 10.8. The molecule has 0 heterocycles. The van der Waals surface area contributed by atoms with Crippen LogP contribution in [0.5, 0.6) is 0 Å². The van der Waals surface area contributed by atoms with Crippen LogP contribution < -0.4 is 11.1 Å².